The number of aryl methyl sites for hydroxylation is 1. The summed E-state index contributed by atoms with van der Waals surface area (Å²) < 4.78 is 0. The van der Waals surface area contributed by atoms with E-state index in [2.05, 4.69) is 41.4 Å². The summed E-state index contributed by atoms with van der Waals surface area (Å²) in [7, 11) is 0. The zero-order valence-electron chi connectivity index (χ0n) is 9.91. The predicted octanol–water partition coefficient (Wildman–Crippen LogP) is 1.99. The molecular formula is C13H20N2S. The molecule has 1 aliphatic heterocycles. The van der Waals surface area contributed by atoms with Crippen LogP contribution >= 0.6 is 11.8 Å². The molecule has 0 atom stereocenters. The lowest BCUT2D eigenvalue weighted by atomic mass is 10.2. The van der Waals surface area contributed by atoms with Crippen LogP contribution in [0.5, 0.6) is 0 Å². The Morgan fingerprint density at radius 3 is 2.88 bits per heavy atom. The summed E-state index contributed by atoms with van der Waals surface area (Å²) >= 11 is 1.97. The smallest absolute Gasteiger partial charge is 0.0108 e. The molecule has 0 saturated carbocycles. The fourth-order valence-electron chi connectivity index (χ4n) is 1.93. The number of benzene rings is 1. The molecule has 88 valence electrons. The first-order chi connectivity index (χ1) is 7.84. The molecule has 1 aliphatic rings. The van der Waals surface area contributed by atoms with E-state index in [1.165, 1.54) is 35.8 Å². The molecule has 0 radical (unpaired) electrons. The zero-order valence-corrected chi connectivity index (χ0v) is 10.7. The summed E-state index contributed by atoms with van der Waals surface area (Å²) in [5.74, 6) is 1.20. The Kier molecular flexibility index (Phi) is 4.69. The lowest BCUT2D eigenvalue weighted by Crippen LogP contribution is -2.44. The highest BCUT2D eigenvalue weighted by atomic mass is 32.2. The van der Waals surface area contributed by atoms with Crippen molar-refractivity contribution in [1.29, 1.82) is 0 Å². The van der Waals surface area contributed by atoms with Crippen molar-refractivity contribution in [1.82, 2.24) is 10.2 Å². The van der Waals surface area contributed by atoms with E-state index in [0.29, 0.717) is 0 Å². The molecule has 1 fully saturated rings. The predicted molar refractivity (Wildman–Crippen MR) is 71.2 cm³/mol. The van der Waals surface area contributed by atoms with Crippen molar-refractivity contribution < 1.29 is 0 Å². The SMILES string of the molecule is Cc1cccc(SCCN2CCNCC2)c1. The van der Waals surface area contributed by atoms with Gasteiger partial charge in [0.05, 0.1) is 0 Å². The van der Waals surface area contributed by atoms with Crippen LogP contribution < -0.4 is 5.32 Å². The van der Waals surface area contributed by atoms with Crippen molar-refractivity contribution in [2.24, 2.45) is 0 Å². The average Bonchev–Trinajstić information content (AvgIpc) is 2.30. The van der Waals surface area contributed by atoms with Gasteiger partial charge in [-0.25, -0.2) is 0 Å². The fourth-order valence-corrected chi connectivity index (χ4v) is 2.96. The molecule has 0 amide bonds. The van der Waals surface area contributed by atoms with Crippen LogP contribution in [-0.2, 0) is 0 Å². The standard InChI is InChI=1S/C13H20N2S/c1-12-3-2-4-13(11-12)16-10-9-15-7-5-14-6-8-15/h2-4,11,14H,5-10H2,1H3. The van der Waals surface area contributed by atoms with E-state index >= 15 is 0 Å². The molecule has 0 aliphatic carbocycles. The highest BCUT2D eigenvalue weighted by Crippen LogP contribution is 2.18. The number of piperazine rings is 1. The lowest BCUT2D eigenvalue weighted by molar-refractivity contribution is 0.255. The third-order valence-corrected chi connectivity index (χ3v) is 3.85. The molecule has 2 rings (SSSR count). The topological polar surface area (TPSA) is 15.3 Å². The fraction of sp³-hybridized carbons (Fsp3) is 0.538. The van der Waals surface area contributed by atoms with Gasteiger partial charge >= 0.3 is 0 Å². The molecule has 1 N–H and O–H groups in total. The molecule has 0 spiro atoms. The highest BCUT2D eigenvalue weighted by molar-refractivity contribution is 7.99. The van der Waals surface area contributed by atoms with Crippen LogP contribution in [0.25, 0.3) is 0 Å². The first kappa shape index (κ1) is 12.0. The molecule has 1 saturated heterocycles. The Labute approximate surface area is 102 Å². The summed E-state index contributed by atoms with van der Waals surface area (Å²) in [4.78, 5) is 3.94. The van der Waals surface area contributed by atoms with Crippen molar-refractivity contribution in [3.8, 4) is 0 Å². The van der Waals surface area contributed by atoms with E-state index in [1.54, 1.807) is 0 Å². The highest BCUT2D eigenvalue weighted by Gasteiger charge is 2.08. The van der Waals surface area contributed by atoms with E-state index in [4.69, 9.17) is 0 Å². The summed E-state index contributed by atoms with van der Waals surface area (Å²) in [6.45, 7) is 8.06. The van der Waals surface area contributed by atoms with Gasteiger partial charge in [0.15, 0.2) is 0 Å². The van der Waals surface area contributed by atoms with Crippen LogP contribution in [-0.4, -0.2) is 43.4 Å². The second-order valence-corrected chi connectivity index (χ2v) is 5.42. The molecule has 16 heavy (non-hydrogen) atoms. The van der Waals surface area contributed by atoms with Crippen molar-refractivity contribution in [2.45, 2.75) is 11.8 Å². The minimum Gasteiger partial charge on any atom is -0.314 e. The lowest BCUT2D eigenvalue weighted by Gasteiger charge is -2.26. The number of rotatable bonds is 4. The Hall–Kier alpha value is -0.510. The summed E-state index contributed by atoms with van der Waals surface area (Å²) in [6.07, 6.45) is 0. The Morgan fingerprint density at radius 1 is 1.31 bits per heavy atom. The summed E-state index contributed by atoms with van der Waals surface area (Å²) in [6, 6.07) is 8.76. The number of hydrogen-bond acceptors (Lipinski definition) is 3. The maximum Gasteiger partial charge on any atom is 0.0108 e. The molecule has 0 bridgehead atoms. The van der Waals surface area contributed by atoms with Crippen LogP contribution in [0.4, 0.5) is 0 Å². The Morgan fingerprint density at radius 2 is 2.12 bits per heavy atom. The van der Waals surface area contributed by atoms with Gasteiger partial charge in [-0.05, 0) is 19.1 Å². The second-order valence-electron chi connectivity index (χ2n) is 4.26. The van der Waals surface area contributed by atoms with Gasteiger partial charge in [-0.3, -0.25) is 4.90 Å². The number of thioether (sulfide) groups is 1. The minimum absolute atomic E-state index is 1.15. The normalized spacial score (nSPS) is 17.6. The number of hydrogen-bond donors (Lipinski definition) is 1. The Bertz CT molecular complexity index is 321. The van der Waals surface area contributed by atoms with Gasteiger partial charge in [0.2, 0.25) is 0 Å². The number of nitrogens with zero attached hydrogens (tertiary/aromatic N) is 1. The van der Waals surface area contributed by atoms with Gasteiger partial charge in [-0.15, -0.1) is 11.8 Å². The largest absolute Gasteiger partial charge is 0.314 e. The molecule has 1 heterocycles. The van der Waals surface area contributed by atoms with E-state index in [1.807, 2.05) is 11.8 Å². The molecule has 3 heteroatoms. The van der Waals surface area contributed by atoms with Crippen LogP contribution in [0.1, 0.15) is 5.56 Å². The first-order valence-electron chi connectivity index (χ1n) is 5.97. The van der Waals surface area contributed by atoms with E-state index < -0.39 is 0 Å². The quantitative estimate of drug-likeness (QED) is 0.805. The number of nitrogens with one attached hydrogen (secondary N) is 1. The van der Waals surface area contributed by atoms with Gasteiger partial charge in [0, 0.05) is 43.4 Å². The minimum atomic E-state index is 1.15. The van der Waals surface area contributed by atoms with Crippen LogP contribution in [0.2, 0.25) is 0 Å². The van der Waals surface area contributed by atoms with Crippen LogP contribution in [0, 0.1) is 6.92 Å². The third-order valence-electron chi connectivity index (χ3n) is 2.88. The van der Waals surface area contributed by atoms with Crippen molar-refractivity contribution >= 4 is 11.8 Å². The van der Waals surface area contributed by atoms with Crippen molar-refractivity contribution in [3.05, 3.63) is 29.8 Å². The molecular weight excluding hydrogens is 216 g/mol. The molecule has 2 nitrogen and oxygen atoms in total. The van der Waals surface area contributed by atoms with Gasteiger partial charge in [-0.2, -0.15) is 0 Å². The van der Waals surface area contributed by atoms with E-state index in [-0.39, 0.29) is 0 Å². The molecule has 1 aromatic carbocycles. The monoisotopic (exact) mass is 236 g/mol. The van der Waals surface area contributed by atoms with Crippen LogP contribution in [0.15, 0.2) is 29.2 Å². The summed E-state index contributed by atoms with van der Waals surface area (Å²) in [5, 5.41) is 3.38. The third kappa shape index (κ3) is 3.81. The van der Waals surface area contributed by atoms with Gasteiger partial charge < -0.3 is 5.32 Å². The molecule has 1 aromatic rings. The van der Waals surface area contributed by atoms with Crippen LogP contribution in [0.3, 0.4) is 0 Å². The average molecular weight is 236 g/mol. The molecule has 0 aromatic heterocycles. The van der Waals surface area contributed by atoms with Crippen molar-refractivity contribution in [2.75, 3.05) is 38.5 Å². The van der Waals surface area contributed by atoms with Gasteiger partial charge in [0.25, 0.3) is 0 Å². The first-order valence-corrected chi connectivity index (χ1v) is 6.96. The maximum atomic E-state index is 3.38. The van der Waals surface area contributed by atoms with Gasteiger partial charge in [0.1, 0.15) is 0 Å². The summed E-state index contributed by atoms with van der Waals surface area (Å²) in [5.41, 5.74) is 1.35. The second kappa shape index (κ2) is 6.28. The van der Waals surface area contributed by atoms with Gasteiger partial charge in [-0.1, -0.05) is 17.7 Å². The zero-order chi connectivity index (χ0) is 11.2. The van der Waals surface area contributed by atoms with E-state index in [9.17, 15) is 0 Å². The molecule has 0 unspecified atom stereocenters. The maximum absolute atomic E-state index is 3.38. The van der Waals surface area contributed by atoms with Crippen molar-refractivity contribution in [3.63, 3.8) is 0 Å². The Balaban J connectivity index is 1.71. The van der Waals surface area contributed by atoms with E-state index in [0.717, 1.165) is 13.1 Å².